The van der Waals surface area contributed by atoms with Crippen molar-refractivity contribution in [1.82, 2.24) is 0 Å². The molecule has 0 atom stereocenters. The van der Waals surface area contributed by atoms with E-state index in [-0.39, 0.29) is 23.0 Å². The first-order chi connectivity index (χ1) is 16.3. The minimum Gasteiger partial charge on any atom is -0.508 e. The molecule has 8 bridgehead atoms. The summed E-state index contributed by atoms with van der Waals surface area (Å²) in [5.74, 6) is 0.913. The van der Waals surface area contributed by atoms with Crippen LogP contribution in [0.4, 0.5) is 0 Å². The number of aryl methyl sites for hydroxylation is 2. The normalized spacial score (nSPS) is 13.0. The molecule has 0 heterocycles. The number of phenols is 4. The number of hydrogen-bond acceptors (Lipinski definition) is 4. The van der Waals surface area contributed by atoms with E-state index in [4.69, 9.17) is 0 Å². The lowest BCUT2D eigenvalue weighted by molar-refractivity contribution is 0.458. The van der Waals surface area contributed by atoms with Crippen LogP contribution in [0, 0.1) is 13.8 Å². The number of hydrogen-bond donors (Lipinski definition) is 4. The molecule has 0 saturated heterocycles. The Bertz CT molecular complexity index is 1310. The van der Waals surface area contributed by atoms with Gasteiger partial charge in [-0.05, 0) is 94.5 Å². The maximum atomic E-state index is 10.8. The molecular weight excluding hydrogens is 424 g/mol. The standard InChI is InChI=1S/C30H28O4/c1-17-7-21-9-19-3-5-27(31)23(11-19)15-24-12-20(4-6-28(24)32)10-22-8-18(2)30(34)26(14-22)16-25(13-21)29(17)33/h3-8,11-14,31-34H,9-10,15-16H2,1-2H3. The lowest BCUT2D eigenvalue weighted by Gasteiger charge is -2.16. The van der Waals surface area contributed by atoms with Gasteiger partial charge >= 0.3 is 0 Å². The van der Waals surface area contributed by atoms with Crippen molar-refractivity contribution in [2.45, 2.75) is 39.5 Å². The van der Waals surface area contributed by atoms with Crippen LogP contribution < -0.4 is 0 Å². The molecule has 1 aliphatic carbocycles. The predicted octanol–water partition coefficient (Wildman–Crippen LogP) is 5.80. The molecule has 1 aliphatic rings. The lowest BCUT2D eigenvalue weighted by atomic mass is 9.91. The highest BCUT2D eigenvalue weighted by atomic mass is 16.3. The molecule has 5 rings (SSSR count). The van der Waals surface area contributed by atoms with Crippen molar-refractivity contribution in [2.24, 2.45) is 0 Å². The Balaban J connectivity index is 1.71. The highest BCUT2D eigenvalue weighted by molar-refractivity contribution is 5.52. The predicted molar refractivity (Wildman–Crippen MR) is 133 cm³/mol. The number of rotatable bonds is 0. The maximum absolute atomic E-state index is 10.8. The minimum atomic E-state index is 0.205. The molecule has 4 nitrogen and oxygen atoms in total. The molecule has 0 amide bonds. The molecule has 0 spiro atoms. The van der Waals surface area contributed by atoms with Gasteiger partial charge in [0.15, 0.2) is 0 Å². The molecule has 0 saturated carbocycles. The summed E-state index contributed by atoms with van der Waals surface area (Å²) in [5, 5.41) is 42.6. The first kappa shape index (κ1) is 21.9. The van der Waals surface area contributed by atoms with E-state index in [1.54, 1.807) is 12.1 Å². The Hall–Kier alpha value is -3.92. The number of benzene rings is 4. The van der Waals surface area contributed by atoms with Gasteiger partial charge in [-0.3, -0.25) is 0 Å². The summed E-state index contributed by atoms with van der Waals surface area (Å²) in [6.45, 7) is 3.78. The molecule has 4 aromatic rings. The van der Waals surface area contributed by atoms with Gasteiger partial charge in [-0.2, -0.15) is 0 Å². The van der Waals surface area contributed by atoms with Crippen LogP contribution in [0.1, 0.15) is 55.6 Å². The van der Waals surface area contributed by atoms with Crippen LogP contribution in [-0.4, -0.2) is 20.4 Å². The van der Waals surface area contributed by atoms with Gasteiger partial charge in [0.25, 0.3) is 0 Å². The van der Waals surface area contributed by atoms with Crippen molar-refractivity contribution in [1.29, 1.82) is 0 Å². The summed E-state index contributed by atoms with van der Waals surface area (Å²) < 4.78 is 0. The molecule has 0 aliphatic heterocycles. The Morgan fingerprint density at radius 3 is 1.26 bits per heavy atom. The Labute approximate surface area is 199 Å². The zero-order chi connectivity index (χ0) is 24.0. The minimum absolute atomic E-state index is 0.205. The van der Waals surface area contributed by atoms with Crippen LogP contribution in [-0.2, 0) is 25.7 Å². The van der Waals surface area contributed by atoms with Crippen molar-refractivity contribution < 1.29 is 20.4 Å². The molecule has 4 heteroatoms. The van der Waals surface area contributed by atoms with Crippen molar-refractivity contribution in [3.05, 3.63) is 116 Å². The summed E-state index contributed by atoms with van der Waals surface area (Å²) in [5.41, 5.74) is 8.82. The fraction of sp³-hybridized carbons (Fsp3) is 0.200. The summed E-state index contributed by atoms with van der Waals surface area (Å²) in [4.78, 5) is 0. The topological polar surface area (TPSA) is 80.9 Å². The number of phenolic OH excluding ortho intramolecular Hbond substituents is 4. The summed E-state index contributed by atoms with van der Waals surface area (Å²) in [7, 11) is 0. The average Bonchev–Trinajstić information content (AvgIpc) is 2.79. The molecule has 4 N–H and O–H groups in total. The second-order valence-corrected chi connectivity index (χ2v) is 9.47. The third-order valence-electron chi connectivity index (χ3n) is 6.74. The zero-order valence-corrected chi connectivity index (χ0v) is 19.4. The van der Waals surface area contributed by atoms with E-state index >= 15 is 0 Å². The molecule has 4 aromatic carbocycles. The Morgan fingerprint density at radius 1 is 0.441 bits per heavy atom. The molecule has 0 unspecified atom stereocenters. The van der Waals surface area contributed by atoms with Crippen LogP contribution in [0.3, 0.4) is 0 Å². The van der Waals surface area contributed by atoms with E-state index in [1.807, 2.05) is 62.4 Å². The highest BCUT2D eigenvalue weighted by Crippen LogP contribution is 2.34. The van der Waals surface area contributed by atoms with E-state index in [0.717, 1.165) is 55.6 Å². The van der Waals surface area contributed by atoms with Gasteiger partial charge in [0.2, 0.25) is 0 Å². The van der Waals surface area contributed by atoms with Gasteiger partial charge < -0.3 is 20.4 Å². The quantitative estimate of drug-likeness (QED) is 0.239. The van der Waals surface area contributed by atoms with Gasteiger partial charge in [-0.1, -0.05) is 48.5 Å². The fourth-order valence-electron chi connectivity index (χ4n) is 5.00. The molecule has 0 radical (unpaired) electrons. The van der Waals surface area contributed by atoms with E-state index in [2.05, 4.69) is 0 Å². The van der Waals surface area contributed by atoms with E-state index in [1.165, 1.54) is 0 Å². The van der Waals surface area contributed by atoms with Gasteiger partial charge in [0, 0.05) is 12.8 Å². The zero-order valence-electron chi connectivity index (χ0n) is 19.4. The summed E-state index contributed by atoms with van der Waals surface area (Å²) in [6, 6.07) is 19.1. The van der Waals surface area contributed by atoms with Crippen molar-refractivity contribution in [2.75, 3.05) is 0 Å². The maximum Gasteiger partial charge on any atom is 0.122 e. The van der Waals surface area contributed by atoms with Crippen LogP contribution in [0.15, 0.2) is 60.7 Å². The van der Waals surface area contributed by atoms with Crippen molar-refractivity contribution >= 4 is 0 Å². The summed E-state index contributed by atoms with van der Waals surface area (Å²) >= 11 is 0. The third-order valence-corrected chi connectivity index (χ3v) is 6.74. The second kappa shape index (κ2) is 8.45. The van der Waals surface area contributed by atoms with Crippen LogP contribution in [0.5, 0.6) is 23.0 Å². The van der Waals surface area contributed by atoms with Gasteiger partial charge in [0.05, 0.1) is 0 Å². The Kier molecular flexibility index (Phi) is 5.45. The molecule has 0 fully saturated rings. The fourth-order valence-corrected chi connectivity index (χ4v) is 5.00. The largest absolute Gasteiger partial charge is 0.508 e. The number of aromatic hydroxyl groups is 4. The van der Waals surface area contributed by atoms with E-state index in [0.29, 0.717) is 25.7 Å². The van der Waals surface area contributed by atoms with Crippen molar-refractivity contribution in [3.63, 3.8) is 0 Å². The first-order valence-electron chi connectivity index (χ1n) is 11.5. The van der Waals surface area contributed by atoms with Gasteiger partial charge in [0.1, 0.15) is 23.0 Å². The van der Waals surface area contributed by atoms with Crippen LogP contribution >= 0.6 is 0 Å². The molecule has 0 aromatic heterocycles. The number of fused-ring (bicyclic) bond motifs is 8. The van der Waals surface area contributed by atoms with E-state index in [9.17, 15) is 20.4 Å². The smallest absolute Gasteiger partial charge is 0.122 e. The van der Waals surface area contributed by atoms with Crippen LogP contribution in [0.25, 0.3) is 0 Å². The molecule has 172 valence electrons. The van der Waals surface area contributed by atoms with Crippen molar-refractivity contribution in [3.8, 4) is 23.0 Å². The highest BCUT2D eigenvalue weighted by Gasteiger charge is 2.16. The SMILES string of the molecule is Cc1cc2cc(c1O)Cc1cc(cc(C)c1O)Cc1ccc(O)c(c1)Cc1cc(ccc1O)C2. The second-order valence-electron chi connectivity index (χ2n) is 9.47. The summed E-state index contributed by atoms with van der Waals surface area (Å²) in [6.07, 6.45) is 2.11. The van der Waals surface area contributed by atoms with Gasteiger partial charge in [-0.25, -0.2) is 0 Å². The lowest BCUT2D eigenvalue weighted by Crippen LogP contribution is -2.00. The average molecular weight is 453 g/mol. The first-order valence-corrected chi connectivity index (χ1v) is 11.5. The third kappa shape index (κ3) is 4.19. The van der Waals surface area contributed by atoms with E-state index < -0.39 is 0 Å². The van der Waals surface area contributed by atoms with Gasteiger partial charge in [-0.15, -0.1) is 0 Å². The molecular formula is C30H28O4. The van der Waals surface area contributed by atoms with Crippen LogP contribution in [0.2, 0.25) is 0 Å². The molecule has 34 heavy (non-hydrogen) atoms. The Morgan fingerprint density at radius 2 is 0.824 bits per heavy atom. The monoisotopic (exact) mass is 452 g/mol.